The normalized spacial score (nSPS) is 11.3. The summed E-state index contributed by atoms with van der Waals surface area (Å²) >= 11 is 1.69. The quantitative estimate of drug-likeness (QED) is 0.889. The zero-order chi connectivity index (χ0) is 14.7. The van der Waals surface area contributed by atoms with Crippen LogP contribution in [-0.2, 0) is 6.42 Å². The molecule has 0 aliphatic rings. The van der Waals surface area contributed by atoms with Gasteiger partial charge in [-0.3, -0.25) is 5.10 Å². The van der Waals surface area contributed by atoms with Crippen molar-refractivity contribution in [2.45, 2.75) is 46.5 Å². The molecule has 0 aromatic carbocycles. The number of nitrogens with zero attached hydrogens (tertiary/aromatic N) is 4. The van der Waals surface area contributed by atoms with Crippen LogP contribution in [-0.4, -0.2) is 34.0 Å². The Hall–Kier alpha value is -1.43. The number of H-pyrrole nitrogens is 1. The van der Waals surface area contributed by atoms with E-state index < -0.39 is 0 Å². The van der Waals surface area contributed by atoms with Crippen LogP contribution in [0.4, 0.5) is 5.13 Å². The maximum atomic E-state index is 4.26. The molecule has 0 aliphatic heterocycles. The first-order chi connectivity index (χ1) is 9.49. The molecule has 6 heteroatoms. The van der Waals surface area contributed by atoms with Gasteiger partial charge in [0.05, 0.1) is 5.69 Å². The summed E-state index contributed by atoms with van der Waals surface area (Å²) in [5.41, 5.74) is 3.64. The monoisotopic (exact) mass is 293 g/mol. The molecule has 0 bridgehead atoms. The Bertz CT molecular complexity index is 538. The minimum atomic E-state index is 0.450. The third kappa shape index (κ3) is 3.36. The molecule has 2 aromatic heterocycles. The number of anilines is 1. The van der Waals surface area contributed by atoms with E-state index in [4.69, 9.17) is 0 Å². The summed E-state index contributed by atoms with van der Waals surface area (Å²) in [7, 11) is 2.08. The molecule has 20 heavy (non-hydrogen) atoms. The van der Waals surface area contributed by atoms with Crippen LogP contribution in [0, 0.1) is 13.8 Å². The van der Waals surface area contributed by atoms with Gasteiger partial charge in [-0.1, -0.05) is 25.2 Å². The number of aromatic nitrogens is 4. The van der Waals surface area contributed by atoms with E-state index in [1.165, 1.54) is 11.3 Å². The van der Waals surface area contributed by atoms with Gasteiger partial charge in [0.25, 0.3) is 0 Å². The Labute approximate surface area is 124 Å². The third-order valence-electron chi connectivity index (χ3n) is 3.45. The van der Waals surface area contributed by atoms with E-state index in [1.807, 2.05) is 0 Å². The molecule has 110 valence electrons. The highest BCUT2D eigenvalue weighted by Crippen LogP contribution is 2.25. The van der Waals surface area contributed by atoms with Gasteiger partial charge in [0.1, 0.15) is 5.01 Å². The van der Waals surface area contributed by atoms with E-state index in [0.29, 0.717) is 5.92 Å². The molecule has 2 heterocycles. The van der Waals surface area contributed by atoms with Gasteiger partial charge < -0.3 is 4.90 Å². The first kappa shape index (κ1) is 15.0. The highest BCUT2D eigenvalue weighted by Gasteiger charge is 2.12. The van der Waals surface area contributed by atoms with Gasteiger partial charge in [-0.25, -0.2) is 0 Å². The first-order valence-corrected chi connectivity index (χ1v) is 7.85. The van der Waals surface area contributed by atoms with Crippen molar-refractivity contribution in [3.63, 3.8) is 0 Å². The van der Waals surface area contributed by atoms with E-state index in [0.717, 1.165) is 35.2 Å². The summed E-state index contributed by atoms with van der Waals surface area (Å²) in [6.07, 6.45) is 2.14. The minimum Gasteiger partial charge on any atom is -0.350 e. The lowest BCUT2D eigenvalue weighted by atomic mass is 10.1. The molecule has 2 aromatic rings. The van der Waals surface area contributed by atoms with Crippen LogP contribution < -0.4 is 4.90 Å². The summed E-state index contributed by atoms with van der Waals surface area (Å²) < 4.78 is 0. The molecule has 0 amide bonds. The van der Waals surface area contributed by atoms with Crippen LogP contribution in [0.25, 0.3) is 0 Å². The Morgan fingerprint density at radius 3 is 2.55 bits per heavy atom. The first-order valence-electron chi connectivity index (χ1n) is 7.04. The fourth-order valence-electron chi connectivity index (χ4n) is 2.15. The van der Waals surface area contributed by atoms with Crippen molar-refractivity contribution >= 4 is 16.5 Å². The van der Waals surface area contributed by atoms with Crippen molar-refractivity contribution in [1.82, 2.24) is 20.4 Å². The largest absolute Gasteiger partial charge is 0.350 e. The summed E-state index contributed by atoms with van der Waals surface area (Å²) in [6, 6.07) is 0. The van der Waals surface area contributed by atoms with Gasteiger partial charge >= 0.3 is 0 Å². The van der Waals surface area contributed by atoms with Crippen LogP contribution in [0.1, 0.15) is 48.1 Å². The predicted molar refractivity (Wildman–Crippen MR) is 83.7 cm³/mol. The number of rotatable bonds is 6. The predicted octanol–water partition coefficient (Wildman–Crippen LogP) is 3.07. The standard InChI is InChI=1S/C14H23N5S/c1-9(2)13-17-18-14(20-13)19(5)8-6-7-12-10(3)15-16-11(12)4/h9H,6-8H2,1-5H3,(H,15,16). The summed E-state index contributed by atoms with van der Waals surface area (Å²) in [4.78, 5) is 2.19. The van der Waals surface area contributed by atoms with Crippen molar-refractivity contribution < 1.29 is 0 Å². The highest BCUT2D eigenvalue weighted by molar-refractivity contribution is 7.15. The van der Waals surface area contributed by atoms with Gasteiger partial charge in [-0.15, -0.1) is 10.2 Å². The van der Waals surface area contributed by atoms with Crippen LogP contribution in [0.5, 0.6) is 0 Å². The molecular formula is C14H23N5S. The summed E-state index contributed by atoms with van der Waals surface area (Å²) in [6.45, 7) is 9.42. The van der Waals surface area contributed by atoms with Crippen molar-refractivity contribution in [1.29, 1.82) is 0 Å². The molecule has 2 rings (SSSR count). The molecule has 0 unspecified atom stereocenters. The van der Waals surface area contributed by atoms with Gasteiger partial charge in [0, 0.05) is 25.2 Å². The van der Waals surface area contributed by atoms with Gasteiger partial charge in [0.15, 0.2) is 0 Å². The van der Waals surface area contributed by atoms with E-state index in [9.17, 15) is 0 Å². The van der Waals surface area contributed by atoms with Crippen LogP contribution in [0.3, 0.4) is 0 Å². The zero-order valence-corrected chi connectivity index (χ0v) is 13.7. The Balaban J connectivity index is 1.87. The van der Waals surface area contributed by atoms with E-state index in [-0.39, 0.29) is 0 Å². The van der Waals surface area contributed by atoms with Crippen LogP contribution in [0.15, 0.2) is 0 Å². The van der Waals surface area contributed by atoms with E-state index in [2.05, 4.69) is 60.0 Å². The number of aryl methyl sites for hydroxylation is 2. The average molecular weight is 293 g/mol. The van der Waals surface area contributed by atoms with Gasteiger partial charge in [-0.2, -0.15) is 5.10 Å². The molecule has 1 N–H and O–H groups in total. The van der Waals surface area contributed by atoms with Crippen LogP contribution >= 0.6 is 11.3 Å². The number of hydrogen-bond acceptors (Lipinski definition) is 5. The second-order valence-corrected chi connectivity index (χ2v) is 6.50. The molecule has 0 saturated heterocycles. The van der Waals surface area contributed by atoms with Crippen molar-refractivity contribution in [2.24, 2.45) is 0 Å². The average Bonchev–Trinajstić information content (AvgIpc) is 3.00. The highest BCUT2D eigenvalue weighted by atomic mass is 32.1. The topological polar surface area (TPSA) is 57.7 Å². The lowest BCUT2D eigenvalue weighted by Crippen LogP contribution is -2.18. The number of hydrogen-bond donors (Lipinski definition) is 1. The fourth-order valence-corrected chi connectivity index (χ4v) is 2.98. The van der Waals surface area contributed by atoms with Gasteiger partial charge in [-0.05, 0) is 32.3 Å². The van der Waals surface area contributed by atoms with E-state index >= 15 is 0 Å². The molecule has 5 nitrogen and oxygen atoms in total. The molecule has 0 fully saturated rings. The lowest BCUT2D eigenvalue weighted by Gasteiger charge is -2.14. The maximum Gasteiger partial charge on any atom is 0.208 e. The fraction of sp³-hybridized carbons (Fsp3) is 0.643. The number of nitrogens with one attached hydrogen (secondary N) is 1. The molecular weight excluding hydrogens is 270 g/mol. The molecule has 0 radical (unpaired) electrons. The number of aromatic amines is 1. The van der Waals surface area contributed by atoms with Crippen molar-refractivity contribution in [3.8, 4) is 0 Å². The van der Waals surface area contributed by atoms with Gasteiger partial charge in [0.2, 0.25) is 5.13 Å². The smallest absolute Gasteiger partial charge is 0.208 e. The van der Waals surface area contributed by atoms with Crippen molar-refractivity contribution in [2.75, 3.05) is 18.5 Å². The maximum absolute atomic E-state index is 4.26. The lowest BCUT2D eigenvalue weighted by molar-refractivity contribution is 0.769. The van der Waals surface area contributed by atoms with Crippen molar-refractivity contribution in [3.05, 3.63) is 22.0 Å². The Morgan fingerprint density at radius 2 is 2.00 bits per heavy atom. The summed E-state index contributed by atoms with van der Waals surface area (Å²) in [5, 5.41) is 17.9. The molecule has 0 saturated carbocycles. The zero-order valence-electron chi connectivity index (χ0n) is 12.9. The second kappa shape index (κ2) is 6.35. The SMILES string of the molecule is Cc1n[nH]c(C)c1CCCN(C)c1nnc(C(C)C)s1. The Kier molecular flexibility index (Phi) is 4.75. The van der Waals surface area contributed by atoms with Crippen LogP contribution in [0.2, 0.25) is 0 Å². The molecule has 0 spiro atoms. The Morgan fingerprint density at radius 1 is 1.25 bits per heavy atom. The molecule has 0 atom stereocenters. The third-order valence-corrected chi connectivity index (χ3v) is 4.79. The molecule has 0 aliphatic carbocycles. The second-order valence-electron chi connectivity index (χ2n) is 5.52. The summed E-state index contributed by atoms with van der Waals surface area (Å²) in [5.74, 6) is 0.450. The van der Waals surface area contributed by atoms with E-state index in [1.54, 1.807) is 11.3 Å². The minimum absolute atomic E-state index is 0.450.